The smallest absolute Gasteiger partial charge is 0.267 e. The molecule has 1 aromatic rings. The molecule has 2 N–H and O–H groups in total. The number of piperidine rings is 1. The van der Waals surface area contributed by atoms with Crippen LogP contribution in [-0.4, -0.2) is 52.4 Å². The van der Waals surface area contributed by atoms with Gasteiger partial charge in [0.05, 0.1) is 11.1 Å². The van der Waals surface area contributed by atoms with Gasteiger partial charge in [-0.3, -0.25) is 34.2 Å². The Hall–Kier alpha value is -3.75. The van der Waals surface area contributed by atoms with Crippen molar-refractivity contribution in [3.05, 3.63) is 58.4 Å². The van der Waals surface area contributed by atoms with Gasteiger partial charge in [0.15, 0.2) is 0 Å². The number of fused-ring (bicyclic) bond motifs is 1. The summed E-state index contributed by atoms with van der Waals surface area (Å²) < 4.78 is 0. The maximum Gasteiger partial charge on any atom is 0.267 e. The molecule has 1 aromatic carbocycles. The number of nitrogens with one attached hydrogen (secondary N) is 2. The number of carbonyl (C=O) groups excluding carboxylic acids is 5. The lowest BCUT2D eigenvalue weighted by molar-refractivity contribution is -0.136. The number of likely N-dealkylation sites (N-methyl/N-ethyl adjacent to an activating group) is 1. The lowest BCUT2D eigenvalue weighted by atomic mass is 10.0. The number of benzene rings is 1. The molecule has 3 heterocycles. The van der Waals surface area contributed by atoms with Crippen LogP contribution in [0.3, 0.4) is 0 Å². The van der Waals surface area contributed by atoms with Gasteiger partial charge in [0.25, 0.3) is 17.7 Å². The van der Waals surface area contributed by atoms with Crippen molar-refractivity contribution in [3.63, 3.8) is 0 Å². The van der Waals surface area contributed by atoms with Crippen molar-refractivity contribution in [2.75, 3.05) is 7.05 Å². The van der Waals surface area contributed by atoms with Crippen molar-refractivity contribution in [1.82, 2.24) is 20.4 Å². The molecular formula is C23H24N4O5. The van der Waals surface area contributed by atoms with Gasteiger partial charge in [0.2, 0.25) is 11.8 Å². The SMILES string of the molecule is CCC1=CN(C)C(C(=O)NCc2cccc3c2C(=O)N(C2CCC(=O)NC2=O)C3=O)=CC1. The fourth-order valence-electron chi connectivity index (χ4n) is 4.25. The van der Waals surface area contributed by atoms with Crippen molar-refractivity contribution in [3.8, 4) is 0 Å². The van der Waals surface area contributed by atoms with Crippen LogP contribution in [0.25, 0.3) is 0 Å². The molecule has 0 bridgehead atoms. The largest absolute Gasteiger partial charge is 0.347 e. The molecule has 166 valence electrons. The highest BCUT2D eigenvalue weighted by molar-refractivity contribution is 6.24. The predicted molar refractivity (Wildman–Crippen MR) is 114 cm³/mol. The summed E-state index contributed by atoms with van der Waals surface area (Å²) in [6.07, 6.45) is 5.57. The molecule has 3 aliphatic heterocycles. The number of hydrogen-bond acceptors (Lipinski definition) is 6. The van der Waals surface area contributed by atoms with Crippen LogP contribution in [0.4, 0.5) is 0 Å². The Morgan fingerprint density at radius 3 is 2.66 bits per heavy atom. The van der Waals surface area contributed by atoms with Crippen LogP contribution in [0.2, 0.25) is 0 Å². The van der Waals surface area contributed by atoms with Crippen molar-refractivity contribution in [2.24, 2.45) is 0 Å². The minimum absolute atomic E-state index is 0.0553. The second kappa shape index (κ2) is 8.41. The molecule has 3 aliphatic rings. The molecule has 5 amide bonds. The highest BCUT2D eigenvalue weighted by atomic mass is 16.2. The van der Waals surface area contributed by atoms with Crippen molar-refractivity contribution in [2.45, 2.75) is 45.2 Å². The minimum Gasteiger partial charge on any atom is -0.347 e. The zero-order valence-electron chi connectivity index (χ0n) is 17.9. The summed E-state index contributed by atoms with van der Waals surface area (Å²) in [6, 6.07) is 3.82. The van der Waals surface area contributed by atoms with Gasteiger partial charge in [-0.2, -0.15) is 0 Å². The first kappa shape index (κ1) is 21.5. The number of nitrogens with zero attached hydrogens (tertiary/aromatic N) is 2. The number of carbonyl (C=O) groups is 5. The third kappa shape index (κ3) is 3.70. The number of amides is 5. The van der Waals surface area contributed by atoms with E-state index in [0.29, 0.717) is 17.7 Å². The molecule has 0 radical (unpaired) electrons. The summed E-state index contributed by atoms with van der Waals surface area (Å²) in [7, 11) is 1.81. The van der Waals surface area contributed by atoms with Crippen LogP contribution >= 0.6 is 0 Å². The van der Waals surface area contributed by atoms with Gasteiger partial charge < -0.3 is 10.2 Å². The quantitative estimate of drug-likeness (QED) is 0.671. The fraction of sp³-hybridized carbons (Fsp3) is 0.348. The Labute approximate surface area is 185 Å². The Bertz CT molecular complexity index is 1100. The minimum atomic E-state index is -1.02. The van der Waals surface area contributed by atoms with E-state index in [-0.39, 0.29) is 36.4 Å². The molecule has 9 heteroatoms. The Morgan fingerprint density at radius 2 is 1.97 bits per heavy atom. The number of imide groups is 2. The van der Waals surface area contributed by atoms with E-state index in [1.54, 1.807) is 24.1 Å². The standard InChI is InChI=1S/C23H24N4O5/c1-3-13-7-8-16(26(2)12-13)20(29)24-11-14-5-4-6-15-19(14)23(32)27(22(15)31)17-9-10-18(28)25-21(17)30/h4-6,8,12,17H,3,7,9-11H2,1-2H3,(H,24,29)(H,25,28,30). The summed E-state index contributed by atoms with van der Waals surface area (Å²) in [5.41, 5.74) is 2.61. The highest BCUT2D eigenvalue weighted by Gasteiger charge is 2.45. The van der Waals surface area contributed by atoms with Gasteiger partial charge in [-0.05, 0) is 30.9 Å². The van der Waals surface area contributed by atoms with E-state index in [0.717, 1.165) is 11.3 Å². The molecule has 1 fully saturated rings. The Morgan fingerprint density at radius 1 is 1.19 bits per heavy atom. The summed E-state index contributed by atoms with van der Waals surface area (Å²) in [6.45, 7) is 2.12. The molecule has 32 heavy (non-hydrogen) atoms. The van der Waals surface area contributed by atoms with Crippen LogP contribution in [0.5, 0.6) is 0 Å². The van der Waals surface area contributed by atoms with E-state index in [1.807, 2.05) is 12.3 Å². The average molecular weight is 436 g/mol. The van der Waals surface area contributed by atoms with Gasteiger partial charge in [-0.25, -0.2) is 0 Å². The van der Waals surface area contributed by atoms with E-state index in [9.17, 15) is 24.0 Å². The molecule has 0 saturated carbocycles. The van der Waals surface area contributed by atoms with Crippen molar-refractivity contribution < 1.29 is 24.0 Å². The van der Waals surface area contributed by atoms with Crippen LogP contribution in [0, 0.1) is 0 Å². The van der Waals surface area contributed by atoms with Gasteiger partial charge >= 0.3 is 0 Å². The topological polar surface area (TPSA) is 116 Å². The summed E-state index contributed by atoms with van der Waals surface area (Å²) in [4.78, 5) is 65.1. The van der Waals surface area contributed by atoms with Gasteiger partial charge in [0, 0.05) is 26.2 Å². The highest BCUT2D eigenvalue weighted by Crippen LogP contribution is 2.30. The molecule has 0 spiro atoms. The van der Waals surface area contributed by atoms with Crippen molar-refractivity contribution in [1.29, 1.82) is 0 Å². The van der Waals surface area contributed by atoms with E-state index < -0.39 is 29.7 Å². The van der Waals surface area contributed by atoms with Gasteiger partial charge in [-0.1, -0.05) is 30.7 Å². The predicted octanol–water partition coefficient (Wildman–Crippen LogP) is 1.22. The molecule has 1 unspecified atom stereocenters. The van der Waals surface area contributed by atoms with E-state index in [4.69, 9.17) is 0 Å². The first-order valence-corrected chi connectivity index (χ1v) is 10.6. The molecule has 0 aromatic heterocycles. The van der Waals surface area contributed by atoms with Crippen LogP contribution in [0.15, 0.2) is 41.7 Å². The Kier molecular flexibility index (Phi) is 5.65. The first-order chi connectivity index (χ1) is 15.3. The fourth-order valence-corrected chi connectivity index (χ4v) is 4.25. The molecule has 1 atom stereocenters. The van der Waals surface area contributed by atoms with E-state index >= 15 is 0 Å². The van der Waals surface area contributed by atoms with E-state index in [2.05, 4.69) is 17.6 Å². The van der Waals surface area contributed by atoms with Crippen molar-refractivity contribution >= 4 is 29.5 Å². The molecule has 1 saturated heterocycles. The third-order valence-corrected chi connectivity index (χ3v) is 5.99. The van der Waals surface area contributed by atoms with Gasteiger partial charge in [0.1, 0.15) is 11.7 Å². The number of rotatable bonds is 5. The second-order valence-corrected chi connectivity index (χ2v) is 8.01. The Balaban J connectivity index is 1.51. The summed E-state index contributed by atoms with van der Waals surface area (Å²) in [5.74, 6) is -2.52. The molecular weight excluding hydrogens is 412 g/mol. The first-order valence-electron chi connectivity index (χ1n) is 10.6. The zero-order chi connectivity index (χ0) is 23.0. The van der Waals surface area contributed by atoms with Crippen LogP contribution in [0.1, 0.15) is 58.9 Å². The van der Waals surface area contributed by atoms with Crippen LogP contribution in [-0.2, 0) is 20.9 Å². The third-order valence-electron chi connectivity index (χ3n) is 5.99. The lowest BCUT2D eigenvalue weighted by Crippen LogP contribution is -2.54. The second-order valence-electron chi connectivity index (χ2n) is 8.01. The normalized spacial score (nSPS) is 20.6. The number of hydrogen-bond donors (Lipinski definition) is 2. The molecule has 0 aliphatic carbocycles. The van der Waals surface area contributed by atoms with Crippen LogP contribution < -0.4 is 10.6 Å². The molecule has 9 nitrogen and oxygen atoms in total. The number of allylic oxidation sites excluding steroid dienone is 2. The average Bonchev–Trinajstić information content (AvgIpc) is 3.03. The zero-order valence-corrected chi connectivity index (χ0v) is 17.9. The summed E-state index contributed by atoms with van der Waals surface area (Å²) in [5, 5.41) is 5.00. The monoisotopic (exact) mass is 436 g/mol. The van der Waals surface area contributed by atoms with Gasteiger partial charge in [-0.15, -0.1) is 0 Å². The summed E-state index contributed by atoms with van der Waals surface area (Å²) >= 11 is 0. The lowest BCUT2D eigenvalue weighted by Gasteiger charge is -2.27. The van der Waals surface area contributed by atoms with E-state index in [1.165, 1.54) is 11.6 Å². The maximum absolute atomic E-state index is 13.1. The molecule has 4 rings (SSSR count). The maximum atomic E-state index is 13.1.